The van der Waals surface area contributed by atoms with Crippen LogP contribution in [0, 0.1) is 12.7 Å². The second kappa shape index (κ2) is 6.15. The molecule has 3 nitrogen and oxygen atoms in total. The number of rotatable bonds is 2. The summed E-state index contributed by atoms with van der Waals surface area (Å²) in [5.41, 5.74) is 2.68. The number of carbonyl (C=O) groups is 1. The van der Waals surface area contributed by atoms with Gasteiger partial charge < -0.3 is 5.32 Å². The van der Waals surface area contributed by atoms with E-state index in [0.717, 1.165) is 16.8 Å². The molecule has 1 amide bonds. The molecule has 0 saturated carbocycles. The highest BCUT2D eigenvalue weighted by Crippen LogP contribution is 2.28. The third-order valence-corrected chi connectivity index (χ3v) is 3.96. The molecule has 0 spiro atoms. The Hall–Kier alpha value is -2.40. The smallest absolute Gasteiger partial charge is 0.264 e. The summed E-state index contributed by atoms with van der Waals surface area (Å²) in [6, 6.07) is 13.7. The van der Waals surface area contributed by atoms with Crippen LogP contribution in [0.3, 0.4) is 0 Å². The number of amides is 1. The third kappa shape index (κ3) is 3.43. The number of benzene rings is 2. The van der Waals surface area contributed by atoms with E-state index in [2.05, 4.69) is 10.3 Å². The molecule has 5 heteroatoms. The summed E-state index contributed by atoms with van der Waals surface area (Å²) < 4.78 is 12.9. The lowest BCUT2D eigenvalue weighted by Gasteiger charge is -1.97. The van der Waals surface area contributed by atoms with E-state index in [1.807, 2.05) is 31.2 Å². The monoisotopic (exact) mass is 312 g/mol. The van der Waals surface area contributed by atoms with E-state index in [-0.39, 0.29) is 11.7 Å². The summed E-state index contributed by atoms with van der Waals surface area (Å²) >= 11 is 1.28. The first kappa shape index (κ1) is 14.5. The highest BCUT2D eigenvalue weighted by Gasteiger charge is 2.23. The van der Waals surface area contributed by atoms with E-state index in [9.17, 15) is 9.18 Å². The molecular formula is C17H13FN2OS. The normalized spacial score (nSPS) is 18.0. The molecule has 0 atom stereocenters. The number of nitrogens with one attached hydrogen (secondary N) is 1. The minimum absolute atomic E-state index is 0.194. The molecule has 0 radical (unpaired) electrons. The summed E-state index contributed by atoms with van der Waals surface area (Å²) in [5.74, 6) is -0.492. The van der Waals surface area contributed by atoms with Gasteiger partial charge in [-0.05, 0) is 60.2 Å². The zero-order valence-corrected chi connectivity index (χ0v) is 12.7. The second-order valence-corrected chi connectivity index (χ2v) is 5.90. The quantitative estimate of drug-likeness (QED) is 0.851. The maximum atomic E-state index is 12.9. The van der Waals surface area contributed by atoms with Crippen molar-refractivity contribution in [3.63, 3.8) is 0 Å². The van der Waals surface area contributed by atoms with Crippen LogP contribution in [0.1, 0.15) is 11.1 Å². The number of aryl methyl sites for hydroxylation is 1. The van der Waals surface area contributed by atoms with Crippen molar-refractivity contribution < 1.29 is 9.18 Å². The fourth-order valence-corrected chi connectivity index (χ4v) is 2.85. The molecule has 2 aromatic carbocycles. The predicted octanol–water partition coefficient (Wildman–Crippen LogP) is 4.03. The van der Waals surface area contributed by atoms with E-state index in [0.29, 0.717) is 10.1 Å². The lowest BCUT2D eigenvalue weighted by atomic mass is 10.2. The van der Waals surface area contributed by atoms with E-state index in [1.54, 1.807) is 18.2 Å². The molecule has 1 fully saturated rings. The van der Waals surface area contributed by atoms with Crippen molar-refractivity contribution in [2.24, 2.45) is 4.99 Å². The topological polar surface area (TPSA) is 41.5 Å². The maximum Gasteiger partial charge on any atom is 0.264 e. The van der Waals surface area contributed by atoms with Crippen molar-refractivity contribution in [1.29, 1.82) is 0 Å². The molecule has 0 aromatic heterocycles. The minimum Gasteiger partial charge on any atom is -0.300 e. The van der Waals surface area contributed by atoms with E-state index >= 15 is 0 Å². The van der Waals surface area contributed by atoms with Crippen molar-refractivity contribution in [2.75, 3.05) is 0 Å². The SMILES string of the molecule is Cc1cccc(N=C2NC(=O)C(=Cc3ccc(F)cc3)S2)c1. The Labute approximate surface area is 132 Å². The van der Waals surface area contributed by atoms with Gasteiger partial charge in [0.05, 0.1) is 10.6 Å². The Morgan fingerprint density at radius 1 is 1.18 bits per heavy atom. The number of halogens is 1. The van der Waals surface area contributed by atoms with E-state index < -0.39 is 0 Å². The Morgan fingerprint density at radius 2 is 1.95 bits per heavy atom. The molecule has 1 N–H and O–H groups in total. The van der Waals surface area contributed by atoms with Crippen LogP contribution in [0.2, 0.25) is 0 Å². The lowest BCUT2D eigenvalue weighted by Crippen LogP contribution is -2.19. The zero-order valence-electron chi connectivity index (χ0n) is 11.8. The Morgan fingerprint density at radius 3 is 2.68 bits per heavy atom. The molecule has 1 heterocycles. The van der Waals surface area contributed by atoms with Gasteiger partial charge in [-0.15, -0.1) is 0 Å². The van der Waals surface area contributed by atoms with Crippen molar-refractivity contribution in [3.8, 4) is 0 Å². The van der Waals surface area contributed by atoms with Crippen LogP contribution in [-0.2, 0) is 4.79 Å². The molecule has 110 valence electrons. The molecular weight excluding hydrogens is 299 g/mol. The molecule has 0 bridgehead atoms. The summed E-state index contributed by atoms with van der Waals surface area (Å²) in [4.78, 5) is 16.9. The molecule has 22 heavy (non-hydrogen) atoms. The summed E-state index contributed by atoms with van der Waals surface area (Å²) in [6.45, 7) is 1.99. The first-order chi connectivity index (χ1) is 10.6. The third-order valence-electron chi connectivity index (χ3n) is 3.05. The number of hydrogen-bond donors (Lipinski definition) is 1. The number of amidine groups is 1. The zero-order chi connectivity index (χ0) is 15.5. The first-order valence-electron chi connectivity index (χ1n) is 6.72. The standard InChI is InChI=1S/C17H13FN2OS/c1-11-3-2-4-14(9-11)19-17-20-16(21)15(22-17)10-12-5-7-13(18)8-6-12/h2-10H,1H3,(H,19,20,21). The number of carbonyl (C=O) groups excluding carboxylic acids is 1. The predicted molar refractivity (Wildman–Crippen MR) is 88.4 cm³/mol. The van der Waals surface area contributed by atoms with E-state index in [4.69, 9.17) is 0 Å². The van der Waals surface area contributed by atoms with Crippen LogP contribution in [0.4, 0.5) is 10.1 Å². The average molecular weight is 312 g/mol. The number of aliphatic imine (C=N–C) groups is 1. The van der Waals surface area contributed by atoms with Crippen LogP contribution in [-0.4, -0.2) is 11.1 Å². The average Bonchev–Trinajstić information content (AvgIpc) is 2.81. The molecule has 1 aliphatic heterocycles. The van der Waals surface area contributed by atoms with Crippen LogP contribution in [0.15, 0.2) is 58.4 Å². The van der Waals surface area contributed by atoms with Gasteiger partial charge >= 0.3 is 0 Å². The van der Waals surface area contributed by atoms with Gasteiger partial charge in [0.15, 0.2) is 5.17 Å². The largest absolute Gasteiger partial charge is 0.300 e. The van der Waals surface area contributed by atoms with Gasteiger partial charge in [0, 0.05) is 0 Å². The van der Waals surface area contributed by atoms with Gasteiger partial charge in [-0.25, -0.2) is 9.38 Å². The Kier molecular flexibility index (Phi) is 4.06. The van der Waals surface area contributed by atoms with Gasteiger partial charge in [0.25, 0.3) is 5.91 Å². The summed E-state index contributed by atoms with van der Waals surface area (Å²) in [7, 11) is 0. The highest BCUT2D eigenvalue weighted by molar-refractivity contribution is 8.18. The van der Waals surface area contributed by atoms with Crippen LogP contribution < -0.4 is 5.32 Å². The van der Waals surface area contributed by atoms with Crippen molar-refractivity contribution in [3.05, 3.63) is 70.4 Å². The lowest BCUT2D eigenvalue weighted by molar-refractivity contribution is -0.115. The number of nitrogens with zero attached hydrogens (tertiary/aromatic N) is 1. The van der Waals surface area contributed by atoms with Crippen molar-refractivity contribution in [2.45, 2.75) is 6.92 Å². The van der Waals surface area contributed by atoms with Crippen LogP contribution in [0.25, 0.3) is 6.08 Å². The fourth-order valence-electron chi connectivity index (χ4n) is 2.01. The fraction of sp³-hybridized carbons (Fsp3) is 0.0588. The van der Waals surface area contributed by atoms with Gasteiger partial charge in [0.1, 0.15) is 5.82 Å². The Balaban J connectivity index is 1.82. The Bertz CT molecular complexity index is 782. The number of hydrogen-bond acceptors (Lipinski definition) is 3. The molecule has 1 saturated heterocycles. The number of thioether (sulfide) groups is 1. The van der Waals surface area contributed by atoms with Crippen molar-refractivity contribution in [1.82, 2.24) is 5.32 Å². The highest BCUT2D eigenvalue weighted by atomic mass is 32.2. The van der Waals surface area contributed by atoms with Gasteiger partial charge in [0.2, 0.25) is 0 Å². The summed E-state index contributed by atoms with van der Waals surface area (Å²) in [5, 5.41) is 3.28. The molecule has 3 rings (SSSR count). The van der Waals surface area contributed by atoms with Gasteiger partial charge in [-0.3, -0.25) is 4.79 Å². The summed E-state index contributed by atoms with van der Waals surface area (Å²) in [6.07, 6.45) is 1.72. The first-order valence-corrected chi connectivity index (χ1v) is 7.54. The van der Waals surface area contributed by atoms with Crippen LogP contribution in [0.5, 0.6) is 0 Å². The van der Waals surface area contributed by atoms with E-state index in [1.165, 1.54) is 23.9 Å². The van der Waals surface area contributed by atoms with Gasteiger partial charge in [-0.2, -0.15) is 0 Å². The minimum atomic E-state index is -0.299. The van der Waals surface area contributed by atoms with Gasteiger partial charge in [-0.1, -0.05) is 24.3 Å². The molecule has 0 aliphatic carbocycles. The molecule has 1 aliphatic rings. The molecule has 2 aromatic rings. The van der Waals surface area contributed by atoms with Crippen LogP contribution >= 0.6 is 11.8 Å². The van der Waals surface area contributed by atoms with Crippen molar-refractivity contribution >= 4 is 34.6 Å². The molecule has 0 unspecified atom stereocenters. The second-order valence-electron chi connectivity index (χ2n) is 4.87. The maximum absolute atomic E-state index is 12.9.